The molecule has 4 rings (SSSR count). The Kier molecular flexibility index (Phi) is 4.09. The molecule has 2 saturated heterocycles. The molecule has 2 aliphatic heterocycles. The summed E-state index contributed by atoms with van der Waals surface area (Å²) in [4.78, 5) is 44.3. The number of carboxylic acid groups (broad SMARTS) is 1. The third-order valence-electron chi connectivity index (χ3n) is 6.12. The molecule has 0 saturated carbocycles. The minimum Gasteiger partial charge on any atom is -0.481 e. The van der Waals surface area contributed by atoms with Crippen LogP contribution >= 0.6 is 0 Å². The summed E-state index contributed by atoms with van der Waals surface area (Å²) in [7, 11) is 1.68. The van der Waals surface area contributed by atoms with Gasteiger partial charge in [-0.3, -0.25) is 19.4 Å². The van der Waals surface area contributed by atoms with Crippen LogP contribution < -0.4 is 0 Å². The second kappa shape index (κ2) is 6.33. The van der Waals surface area contributed by atoms with Crippen LogP contribution in [0.15, 0.2) is 36.5 Å². The molecule has 0 aliphatic carbocycles. The van der Waals surface area contributed by atoms with E-state index in [9.17, 15) is 19.5 Å². The molecule has 1 atom stereocenters. The highest BCUT2D eigenvalue weighted by Gasteiger charge is 2.55. The van der Waals surface area contributed by atoms with E-state index in [0.29, 0.717) is 31.5 Å². The summed E-state index contributed by atoms with van der Waals surface area (Å²) in [6.07, 6.45) is 2.56. The number of aromatic nitrogens is 1. The fourth-order valence-electron chi connectivity index (χ4n) is 4.45. The number of amides is 2. The van der Waals surface area contributed by atoms with Crippen molar-refractivity contribution in [3.05, 3.63) is 42.1 Å². The van der Waals surface area contributed by atoms with Gasteiger partial charge < -0.3 is 14.9 Å². The van der Waals surface area contributed by atoms with Crippen molar-refractivity contribution in [2.45, 2.75) is 24.8 Å². The first-order valence-corrected chi connectivity index (χ1v) is 9.06. The zero-order valence-corrected chi connectivity index (χ0v) is 15.1. The molecule has 2 amide bonds. The number of hydrogen-bond donors (Lipinski definition) is 1. The van der Waals surface area contributed by atoms with Crippen LogP contribution in [0, 0.1) is 5.92 Å². The number of para-hydroxylation sites is 1. The van der Waals surface area contributed by atoms with E-state index in [2.05, 4.69) is 4.98 Å². The molecule has 0 bridgehead atoms. The van der Waals surface area contributed by atoms with Crippen molar-refractivity contribution in [3.8, 4) is 0 Å². The number of aliphatic carboxylic acids is 1. The van der Waals surface area contributed by atoms with E-state index in [-0.39, 0.29) is 18.2 Å². The first kappa shape index (κ1) is 17.5. The Morgan fingerprint density at radius 2 is 1.93 bits per heavy atom. The van der Waals surface area contributed by atoms with Crippen molar-refractivity contribution >= 4 is 28.7 Å². The molecule has 3 heterocycles. The predicted molar refractivity (Wildman–Crippen MR) is 98.1 cm³/mol. The predicted octanol–water partition coefficient (Wildman–Crippen LogP) is 1.77. The molecule has 2 aliphatic rings. The number of carboxylic acids is 1. The molecule has 2 aromatic rings. The highest BCUT2D eigenvalue weighted by molar-refractivity contribution is 5.97. The highest BCUT2D eigenvalue weighted by Crippen LogP contribution is 2.43. The van der Waals surface area contributed by atoms with Crippen molar-refractivity contribution in [2.24, 2.45) is 5.92 Å². The average Bonchev–Trinajstić information content (AvgIpc) is 2.93. The van der Waals surface area contributed by atoms with E-state index in [4.69, 9.17) is 0 Å². The van der Waals surface area contributed by atoms with Crippen LogP contribution in [0.2, 0.25) is 0 Å². The second-order valence-electron chi connectivity index (χ2n) is 7.36. The third-order valence-corrected chi connectivity index (χ3v) is 6.12. The van der Waals surface area contributed by atoms with Crippen LogP contribution in [0.1, 0.15) is 29.6 Å². The van der Waals surface area contributed by atoms with E-state index in [1.54, 1.807) is 23.0 Å². The Bertz CT molecular complexity index is 934. The monoisotopic (exact) mass is 367 g/mol. The van der Waals surface area contributed by atoms with Crippen LogP contribution in [-0.2, 0) is 9.59 Å². The molecule has 1 aromatic heterocycles. The molecule has 2 fully saturated rings. The maximum absolute atomic E-state index is 12.9. The molecule has 0 unspecified atom stereocenters. The van der Waals surface area contributed by atoms with Crippen LogP contribution in [0.3, 0.4) is 0 Å². The molecule has 1 spiro atoms. The van der Waals surface area contributed by atoms with Gasteiger partial charge in [0.05, 0.1) is 22.5 Å². The third kappa shape index (κ3) is 2.74. The number of carbonyl (C=O) groups is 3. The smallest absolute Gasteiger partial charge is 0.309 e. The maximum Gasteiger partial charge on any atom is 0.309 e. The van der Waals surface area contributed by atoms with E-state index >= 15 is 0 Å². The summed E-state index contributed by atoms with van der Waals surface area (Å²) < 4.78 is 0. The van der Waals surface area contributed by atoms with E-state index in [1.165, 1.54) is 0 Å². The van der Waals surface area contributed by atoms with Gasteiger partial charge in [0.1, 0.15) is 0 Å². The Morgan fingerprint density at radius 3 is 2.63 bits per heavy atom. The van der Waals surface area contributed by atoms with Crippen molar-refractivity contribution in [1.29, 1.82) is 0 Å². The molecular weight excluding hydrogens is 346 g/mol. The number of benzene rings is 1. The van der Waals surface area contributed by atoms with Crippen LogP contribution in [-0.4, -0.2) is 63.4 Å². The molecule has 1 aromatic carbocycles. The van der Waals surface area contributed by atoms with Crippen LogP contribution in [0.5, 0.6) is 0 Å². The minimum absolute atomic E-state index is 0.0361. The summed E-state index contributed by atoms with van der Waals surface area (Å²) in [5, 5.41) is 10.5. The largest absolute Gasteiger partial charge is 0.481 e. The lowest BCUT2D eigenvalue weighted by molar-refractivity contribution is -0.145. The van der Waals surface area contributed by atoms with Crippen molar-refractivity contribution in [2.75, 3.05) is 20.1 Å². The molecule has 7 heteroatoms. The van der Waals surface area contributed by atoms with Gasteiger partial charge in [0.2, 0.25) is 5.91 Å². The first-order valence-electron chi connectivity index (χ1n) is 9.06. The molecule has 27 heavy (non-hydrogen) atoms. The summed E-state index contributed by atoms with van der Waals surface area (Å²) in [6.45, 7) is 0.847. The lowest BCUT2D eigenvalue weighted by Gasteiger charge is -2.45. The Morgan fingerprint density at radius 1 is 1.22 bits per heavy atom. The number of rotatable bonds is 2. The van der Waals surface area contributed by atoms with Gasteiger partial charge in [-0.05, 0) is 25.0 Å². The second-order valence-corrected chi connectivity index (χ2v) is 7.36. The zero-order valence-electron chi connectivity index (χ0n) is 15.1. The van der Waals surface area contributed by atoms with Crippen LogP contribution in [0.4, 0.5) is 0 Å². The number of pyridine rings is 1. The molecule has 1 N–H and O–H groups in total. The molecular formula is C20H21N3O4. The Labute approximate surface area is 156 Å². The average molecular weight is 367 g/mol. The normalized spacial score (nSPS) is 21.8. The first-order chi connectivity index (χ1) is 12.9. The van der Waals surface area contributed by atoms with Gasteiger partial charge in [-0.1, -0.05) is 18.2 Å². The Balaban J connectivity index is 1.53. The number of fused-ring (bicyclic) bond motifs is 1. The maximum atomic E-state index is 12.9. The van der Waals surface area contributed by atoms with Gasteiger partial charge in [-0.15, -0.1) is 0 Å². The van der Waals surface area contributed by atoms with Gasteiger partial charge in [0.25, 0.3) is 5.91 Å². The summed E-state index contributed by atoms with van der Waals surface area (Å²) >= 11 is 0. The van der Waals surface area contributed by atoms with Crippen molar-refractivity contribution in [1.82, 2.24) is 14.8 Å². The summed E-state index contributed by atoms with van der Waals surface area (Å²) in [5.41, 5.74) is 0.666. The van der Waals surface area contributed by atoms with Gasteiger partial charge in [0, 0.05) is 38.1 Å². The number of nitrogens with zero attached hydrogens (tertiary/aromatic N) is 3. The standard InChI is InChI=1S/C20H21N3O4/c1-22-17(24)11-15(19(26)27)20(22)6-8-23(9-7-20)18(25)14-10-13-4-2-3-5-16(13)21-12-14/h2-5,10,12,15H,6-9,11H2,1H3,(H,26,27)/t15-/m0/s1. The highest BCUT2D eigenvalue weighted by atomic mass is 16.4. The zero-order chi connectivity index (χ0) is 19.2. The van der Waals surface area contributed by atoms with Crippen molar-refractivity contribution in [3.63, 3.8) is 0 Å². The SMILES string of the molecule is CN1C(=O)C[C@@H](C(=O)O)C12CCN(C(=O)c1cnc3ccccc3c1)CC2. The Hall–Kier alpha value is -2.96. The lowest BCUT2D eigenvalue weighted by atomic mass is 9.77. The van der Waals surface area contributed by atoms with Gasteiger partial charge in [0.15, 0.2) is 0 Å². The van der Waals surface area contributed by atoms with Gasteiger partial charge in [-0.2, -0.15) is 0 Å². The minimum atomic E-state index is -0.939. The molecule has 0 radical (unpaired) electrons. The van der Waals surface area contributed by atoms with E-state index < -0.39 is 17.4 Å². The van der Waals surface area contributed by atoms with Gasteiger partial charge >= 0.3 is 5.97 Å². The fraction of sp³-hybridized carbons (Fsp3) is 0.400. The fourth-order valence-corrected chi connectivity index (χ4v) is 4.45. The summed E-state index contributed by atoms with van der Waals surface area (Å²) in [6, 6.07) is 9.45. The van der Waals surface area contributed by atoms with Crippen LogP contribution in [0.25, 0.3) is 10.9 Å². The number of piperidine rings is 1. The quantitative estimate of drug-likeness (QED) is 0.874. The number of hydrogen-bond acceptors (Lipinski definition) is 4. The van der Waals surface area contributed by atoms with E-state index in [1.807, 2.05) is 30.3 Å². The number of likely N-dealkylation sites (tertiary alicyclic amines) is 2. The lowest BCUT2D eigenvalue weighted by Crippen LogP contribution is -2.56. The summed E-state index contributed by atoms with van der Waals surface area (Å²) in [5.74, 6) is -1.90. The topological polar surface area (TPSA) is 90.8 Å². The number of carbonyl (C=O) groups excluding carboxylic acids is 2. The van der Waals surface area contributed by atoms with E-state index in [0.717, 1.165) is 10.9 Å². The molecule has 140 valence electrons. The van der Waals surface area contributed by atoms with Gasteiger partial charge in [-0.25, -0.2) is 0 Å². The molecule has 7 nitrogen and oxygen atoms in total. The van der Waals surface area contributed by atoms with Crippen molar-refractivity contribution < 1.29 is 19.5 Å².